The number of hydrogen-bond acceptors (Lipinski definition) is 5. The number of ether oxygens (including phenoxy) is 2. The van der Waals surface area contributed by atoms with Gasteiger partial charge in [0.15, 0.2) is 6.10 Å². The highest BCUT2D eigenvalue weighted by Gasteiger charge is 2.17. The minimum absolute atomic E-state index is 0.247. The van der Waals surface area contributed by atoms with Crippen molar-refractivity contribution in [2.24, 2.45) is 5.10 Å². The molecular weight excluding hydrogens is 524 g/mol. The number of nitrogens with zero attached hydrogens (tertiary/aromatic N) is 1. The predicted molar refractivity (Wildman–Crippen MR) is 158 cm³/mol. The maximum atomic E-state index is 12.8. The van der Waals surface area contributed by atoms with Crippen molar-refractivity contribution in [3.8, 4) is 22.6 Å². The van der Waals surface area contributed by atoms with E-state index in [0.717, 1.165) is 21.9 Å². The van der Waals surface area contributed by atoms with Crippen molar-refractivity contribution in [2.75, 3.05) is 0 Å². The van der Waals surface area contributed by atoms with E-state index in [1.165, 1.54) is 6.21 Å². The van der Waals surface area contributed by atoms with E-state index in [-0.39, 0.29) is 11.3 Å². The zero-order valence-electron chi connectivity index (χ0n) is 21.6. The highest BCUT2D eigenvalue weighted by molar-refractivity contribution is 6.33. The molecule has 198 valence electrons. The number of nitrogens with one attached hydrogen (secondary N) is 1. The summed E-state index contributed by atoms with van der Waals surface area (Å²) in [6.07, 6.45) is 0.654. The number of amides is 1. The van der Waals surface area contributed by atoms with E-state index < -0.39 is 18.0 Å². The molecule has 7 heteroatoms. The Morgan fingerprint density at radius 1 is 0.800 bits per heavy atom. The molecular formula is C33H25ClN2O4. The number of hydrazone groups is 1. The molecule has 0 aliphatic carbocycles. The van der Waals surface area contributed by atoms with Crippen molar-refractivity contribution in [1.29, 1.82) is 0 Å². The van der Waals surface area contributed by atoms with Gasteiger partial charge in [0.1, 0.15) is 11.5 Å². The largest absolute Gasteiger partial charge is 0.481 e. The Hall–Kier alpha value is -4.94. The molecule has 0 radical (unpaired) electrons. The van der Waals surface area contributed by atoms with Crippen molar-refractivity contribution in [1.82, 2.24) is 5.43 Å². The summed E-state index contributed by atoms with van der Waals surface area (Å²) in [7, 11) is 0. The lowest BCUT2D eigenvalue weighted by atomic mass is 10.0. The van der Waals surface area contributed by atoms with Crippen molar-refractivity contribution >= 4 is 40.5 Å². The highest BCUT2D eigenvalue weighted by atomic mass is 35.5. The zero-order chi connectivity index (χ0) is 27.9. The zero-order valence-corrected chi connectivity index (χ0v) is 22.3. The smallest absolute Gasteiger partial charge is 0.345 e. The third-order valence-corrected chi connectivity index (χ3v) is 6.57. The molecule has 0 bridgehead atoms. The average molecular weight is 549 g/mol. The molecule has 5 rings (SSSR count). The molecule has 1 amide bonds. The Kier molecular flexibility index (Phi) is 8.18. The van der Waals surface area contributed by atoms with Crippen LogP contribution in [0.25, 0.3) is 21.9 Å². The topological polar surface area (TPSA) is 77.0 Å². The molecule has 6 nitrogen and oxygen atoms in total. The molecule has 0 spiro atoms. The number of halogens is 1. The van der Waals surface area contributed by atoms with Crippen LogP contribution >= 0.6 is 11.6 Å². The SMILES string of the molecule is C[C@H](Oc1ccc(-c2ccccc2)cc1)C(=O)N/N=C\c1c(OC(=O)c2ccccc2Cl)ccc2ccccc12. The van der Waals surface area contributed by atoms with Crippen LogP contribution in [0.3, 0.4) is 0 Å². The highest BCUT2D eigenvalue weighted by Crippen LogP contribution is 2.28. The third-order valence-electron chi connectivity index (χ3n) is 6.24. The van der Waals surface area contributed by atoms with Gasteiger partial charge < -0.3 is 9.47 Å². The molecule has 0 unspecified atom stereocenters. The minimum atomic E-state index is -0.801. The lowest BCUT2D eigenvalue weighted by molar-refractivity contribution is -0.127. The Morgan fingerprint density at radius 2 is 1.48 bits per heavy atom. The first kappa shape index (κ1) is 26.7. The van der Waals surface area contributed by atoms with Gasteiger partial charge in [-0.1, -0.05) is 96.5 Å². The molecule has 0 saturated heterocycles. The fraction of sp³-hybridized carbons (Fsp3) is 0.0606. The quantitative estimate of drug-likeness (QED) is 0.0955. The van der Waals surface area contributed by atoms with E-state index in [2.05, 4.69) is 10.5 Å². The van der Waals surface area contributed by atoms with Crippen LogP contribution in [0.1, 0.15) is 22.8 Å². The van der Waals surface area contributed by atoms with E-state index >= 15 is 0 Å². The summed E-state index contributed by atoms with van der Waals surface area (Å²) in [6.45, 7) is 1.64. The number of esters is 1. The lowest BCUT2D eigenvalue weighted by Crippen LogP contribution is -2.33. The summed E-state index contributed by atoms with van der Waals surface area (Å²) in [4.78, 5) is 25.6. The van der Waals surface area contributed by atoms with Crippen LogP contribution in [0, 0.1) is 0 Å². The van der Waals surface area contributed by atoms with E-state index in [1.807, 2.05) is 84.9 Å². The van der Waals surface area contributed by atoms with Crippen LogP contribution in [0.15, 0.2) is 120 Å². The molecule has 0 aliphatic heterocycles. The van der Waals surface area contributed by atoms with Gasteiger partial charge >= 0.3 is 5.97 Å². The Morgan fingerprint density at radius 3 is 2.25 bits per heavy atom. The summed E-state index contributed by atoms with van der Waals surface area (Å²) in [5, 5.41) is 6.15. The molecule has 5 aromatic rings. The summed E-state index contributed by atoms with van der Waals surface area (Å²) in [5.74, 6) is -0.184. The minimum Gasteiger partial charge on any atom is -0.481 e. The van der Waals surface area contributed by atoms with Crippen molar-refractivity contribution in [3.05, 3.63) is 131 Å². The van der Waals surface area contributed by atoms with Crippen LogP contribution in [0.2, 0.25) is 5.02 Å². The number of carbonyl (C=O) groups excluding carboxylic acids is 2. The summed E-state index contributed by atoms with van der Waals surface area (Å²) in [5.41, 5.74) is 5.44. The van der Waals surface area contributed by atoms with E-state index in [9.17, 15) is 9.59 Å². The third kappa shape index (κ3) is 6.20. The van der Waals surface area contributed by atoms with Gasteiger partial charge in [-0.3, -0.25) is 4.79 Å². The molecule has 1 atom stereocenters. The van der Waals surface area contributed by atoms with Gasteiger partial charge in [0.05, 0.1) is 16.8 Å². The van der Waals surface area contributed by atoms with Gasteiger partial charge in [-0.15, -0.1) is 0 Å². The Balaban J connectivity index is 1.29. The maximum absolute atomic E-state index is 12.8. The van der Waals surface area contributed by atoms with E-state index in [4.69, 9.17) is 21.1 Å². The van der Waals surface area contributed by atoms with Crippen LogP contribution < -0.4 is 14.9 Å². The number of rotatable bonds is 8. The first-order valence-electron chi connectivity index (χ1n) is 12.6. The van der Waals surface area contributed by atoms with Gasteiger partial charge in [-0.2, -0.15) is 5.10 Å². The molecule has 1 N–H and O–H groups in total. The van der Waals surface area contributed by atoms with Crippen LogP contribution in [0.4, 0.5) is 0 Å². The second-order valence-electron chi connectivity index (χ2n) is 8.95. The molecule has 0 saturated carbocycles. The number of fused-ring (bicyclic) bond motifs is 1. The van der Waals surface area contributed by atoms with Gasteiger partial charge in [-0.25, -0.2) is 10.2 Å². The number of hydrogen-bond donors (Lipinski definition) is 1. The molecule has 0 heterocycles. The Labute approximate surface area is 236 Å². The summed E-state index contributed by atoms with van der Waals surface area (Å²) >= 11 is 6.18. The summed E-state index contributed by atoms with van der Waals surface area (Å²) < 4.78 is 11.5. The normalized spacial score (nSPS) is 11.8. The number of carbonyl (C=O) groups is 2. The van der Waals surface area contributed by atoms with Crippen LogP contribution in [-0.4, -0.2) is 24.2 Å². The average Bonchev–Trinajstić information content (AvgIpc) is 2.99. The fourth-order valence-electron chi connectivity index (χ4n) is 4.14. The standard InChI is InChI=1S/C33H25ClN2O4/c1-22(39-26-18-15-24(16-19-26)23-9-3-2-4-10-23)32(37)36-35-21-29-27-12-6-5-11-25(27)17-20-31(29)40-33(38)28-13-7-8-14-30(28)34/h2-22H,1H3,(H,36,37)/b35-21-/t22-/m0/s1. The Bertz CT molecular complexity index is 1680. The van der Waals surface area contributed by atoms with E-state index in [1.54, 1.807) is 37.3 Å². The molecule has 0 fully saturated rings. The monoisotopic (exact) mass is 548 g/mol. The number of benzene rings is 5. The molecule has 0 aromatic heterocycles. The molecule has 40 heavy (non-hydrogen) atoms. The first-order valence-corrected chi connectivity index (χ1v) is 13.0. The van der Waals surface area contributed by atoms with Crippen molar-refractivity contribution in [2.45, 2.75) is 13.0 Å². The second-order valence-corrected chi connectivity index (χ2v) is 9.36. The maximum Gasteiger partial charge on any atom is 0.345 e. The first-order chi connectivity index (χ1) is 19.5. The molecule has 0 aliphatic rings. The predicted octanol–water partition coefficient (Wildman–Crippen LogP) is 7.30. The van der Waals surface area contributed by atoms with Crippen LogP contribution in [-0.2, 0) is 4.79 Å². The van der Waals surface area contributed by atoms with Gasteiger partial charge in [0.2, 0.25) is 0 Å². The molecule has 5 aromatic carbocycles. The lowest BCUT2D eigenvalue weighted by Gasteiger charge is -2.14. The van der Waals surface area contributed by atoms with Gasteiger partial charge in [0.25, 0.3) is 5.91 Å². The summed E-state index contributed by atoms with van der Waals surface area (Å²) in [6, 6.07) is 35.3. The van der Waals surface area contributed by atoms with Crippen molar-refractivity contribution in [3.63, 3.8) is 0 Å². The fourth-order valence-corrected chi connectivity index (χ4v) is 4.36. The second kappa shape index (κ2) is 12.3. The van der Waals surface area contributed by atoms with Crippen LogP contribution in [0.5, 0.6) is 11.5 Å². The van der Waals surface area contributed by atoms with Crippen molar-refractivity contribution < 1.29 is 19.1 Å². The van der Waals surface area contributed by atoms with E-state index in [0.29, 0.717) is 16.3 Å². The van der Waals surface area contributed by atoms with Gasteiger partial charge in [0, 0.05) is 5.56 Å². The van der Waals surface area contributed by atoms with Gasteiger partial charge in [-0.05, 0) is 59.2 Å².